The smallest absolute Gasteiger partial charge is 0.337 e. The average molecular weight is 408 g/mol. The Balaban J connectivity index is 1.66. The van der Waals surface area contributed by atoms with Gasteiger partial charge in [0.15, 0.2) is 0 Å². The maximum absolute atomic E-state index is 13.1. The van der Waals surface area contributed by atoms with Crippen LogP contribution in [0.3, 0.4) is 0 Å². The van der Waals surface area contributed by atoms with Crippen molar-refractivity contribution >= 4 is 17.6 Å². The van der Waals surface area contributed by atoms with Gasteiger partial charge >= 0.3 is 5.97 Å². The first-order chi connectivity index (χ1) is 14.3. The van der Waals surface area contributed by atoms with Crippen LogP contribution in [0.5, 0.6) is 0 Å². The van der Waals surface area contributed by atoms with Crippen molar-refractivity contribution in [2.24, 2.45) is 5.41 Å². The highest BCUT2D eigenvalue weighted by atomic mass is 16.4. The number of anilines is 1. The molecule has 2 aromatic rings. The van der Waals surface area contributed by atoms with Crippen molar-refractivity contribution in [3.63, 3.8) is 0 Å². The molecule has 2 heterocycles. The molecule has 158 valence electrons. The van der Waals surface area contributed by atoms with Crippen LogP contribution in [0.2, 0.25) is 0 Å². The van der Waals surface area contributed by atoms with Gasteiger partial charge in [-0.25, -0.2) is 4.79 Å². The Morgan fingerprint density at radius 3 is 2.63 bits per heavy atom. The molecule has 3 N–H and O–H groups in total. The normalized spacial score (nSPS) is 22.1. The first kappa shape index (κ1) is 20.4. The molecule has 0 aromatic heterocycles. The van der Waals surface area contributed by atoms with Crippen molar-refractivity contribution in [1.82, 2.24) is 10.2 Å². The SMILES string of the molecule is CN(C(=O)c1cccc(C2Nc3c(cccc3C(=O)O)CC2(C)C)c1)C1CCNC1. The summed E-state index contributed by atoms with van der Waals surface area (Å²) in [6.45, 7) is 6.11. The number of carbonyl (C=O) groups excluding carboxylic acids is 1. The van der Waals surface area contributed by atoms with Crippen molar-refractivity contribution in [2.75, 3.05) is 25.5 Å². The van der Waals surface area contributed by atoms with E-state index in [0.717, 1.165) is 37.1 Å². The van der Waals surface area contributed by atoms with E-state index in [2.05, 4.69) is 24.5 Å². The van der Waals surface area contributed by atoms with Crippen LogP contribution in [-0.4, -0.2) is 48.1 Å². The van der Waals surface area contributed by atoms with Crippen LogP contribution in [0, 0.1) is 5.41 Å². The van der Waals surface area contributed by atoms with Crippen molar-refractivity contribution in [3.8, 4) is 0 Å². The van der Waals surface area contributed by atoms with Crippen molar-refractivity contribution in [1.29, 1.82) is 0 Å². The largest absolute Gasteiger partial charge is 0.478 e. The van der Waals surface area contributed by atoms with Gasteiger partial charge in [-0.15, -0.1) is 0 Å². The number of hydrogen-bond acceptors (Lipinski definition) is 4. The number of hydrogen-bond donors (Lipinski definition) is 3. The Bertz CT molecular complexity index is 979. The Hall–Kier alpha value is -2.86. The molecule has 0 radical (unpaired) electrons. The standard InChI is InChI=1S/C24H29N3O3/c1-24(2)13-17-8-5-9-19(23(29)30)20(17)26-21(24)15-6-4-7-16(12-15)22(28)27(3)18-10-11-25-14-18/h4-9,12,18,21,25-26H,10-11,13-14H2,1-3H3,(H,29,30). The van der Waals surface area contributed by atoms with E-state index in [1.165, 1.54) is 0 Å². The van der Waals surface area contributed by atoms with Crippen LogP contribution in [0.25, 0.3) is 0 Å². The van der Waals surface area contributed by atoms with Crippen LogP contribution in [0.1, 0.15) is 58.2 Å². The Kier molecular flexibility index (Phi) is 5.28. The van der Waals surface area contributed by atoms with Gasteiger partial charge in [0, 0.05) is 25.2 Å². The highest BCUT2D eigenvalue weighted by molar-refractivity contribution is 5.96. The van der Waals surface area contributed by atoms with E-state index in [0.29, 0.717) is 11.3 Å². The number of benzene rings is 2. The van der Waals surface area contributed by atoms with Crippen molar-refractivity contribution in [3.05, 3.63) is 64.7 Å². The predicted octanol–water partition coefficient (Wildman–Crippen LogP) is 3.55. The quantitative estimate of drug-likeness (QED) is 0.722. The summed E-state index contributed by atoms with van der Waals surface area (Å²) >= 11 is 0. The van der Waals surface area contributed by atoms with E-state index in [1.54, 1.807) is 12.1 Å². The lowest BCUT2D eigenvalue weighted by Crippen LogP contribution is -2.38. The minimum atomic E-state index is -0.937. The molecule has 1 fully saturated rings. The topological polar surface area (TPSA) is 81.7 Å². The number of nitrogens with zero attached hydrogens (tertiary/aromatic N) is 1. The summed E-state index contributed by atoms with van der Waals surface area (Å²) in [5.41, 5.74) is 3.49. The summed E-state index contributed by atoms with van der Waals surface area (Å²) in [6, 6.07) is 13.3. The molecule has 0 saturated carbocycles. The fraction of sp³-hybridized carbons (Fsp3) is 0.417. The van der Waals surface area contributed by atoms with Gasteiger partial charge in [0.05, 0.1) is 17.3 Å². The fourth-order valence-electron chi connectivity index (χ4n) is 4.75. The number of para-hydroxylation sites is 1. The second kappa shape index (κ2) is 7.76. The summed E-state index contributed by atoms with van der Waals surface area (Å²) in [5.74, 6) is -0.917. The summed E-state index contributed by atoms with van der Waals surface area (Å²) in [7, 11) is 1.87. The molecule has 6 nitrogen and oxygen atoms in total. The van der Waals surface area contributed by atoms with E-state index < -0.39 is 5.97 Å². The minimum Gasteiger partial charge on any atom is -0.478 e. The zero-order chi connectivity index (χ0) is 21.5. The third-order valence-electron chi connectivity index (χ3n) is 6.47. The zero-order valence-corrected chi connectivity index (χ0v) is 17.7. The highest BCUT2D eigenvalue weighted by Crippen LogP contribution is 2.46. The molecule has 30 heavy (non-hydrogen) atoms. The van der Waals surface area contributed by atoms with Crippen LogP contribution in [-0.2, 0) is 6.42 Å². The molecule has 2 unspecified atom stereocenters. The van der Waals surface area contributed by atoms with E-state index in [-0.39, 0.29) is 29.0 Å². The Morgan fingerprint density at radius 1 is 1.17 bits per heavy atom. The molecule has 0 aliphatic carbocycles. The molecule has 2 aliphatic rings. The van der Waals surface area contributed by atoms with Crippen LogP contribution in [0.4, 0.5) is 5.69 Å². The second-order valence-electron chi connectivity index (χ2n) is 9.08. The molecule has 2 aromatic carbocycles. The minimum absolute atomic E-state index is 0.0193. The van der Waals surface area contributed by atoms with Crippen LogP contribution >= 0.6 is 0 Å². The molecule has 2 atom stereocenters. The van der Waals surface area contributed by atoms with Gasteiger partial charge < -0.3 is 20.6 Å². The number of carboxylic acid groups (broad SMARTS) is 1. The number of carboxylic acids is 1. The van der Waals surface area contributed by atoms with E-state index in [9.17, 15) is 14.7 Å². The highest BCUT2D eigenvalue weighted by Gasteiger charge is 2.37. The Labute approximate surface area is 177 Å². The van der Waals surface area contributed by atoms with Gasteiger partial charge in [-0.1, -0.05) is 38.1 Å². The molecule has 2 aliphatic heterocycles. The van der Waals surface area contributed by atoms with Crippen molar-refractivity contribution in [2.45, 2.75) is 38.8 Å². The van der Waals surface area contributed by atoms with Gasteiger partial charge in [-0.3, -0.25) is 4.79 Å². The van der Waals surface area contributed by atoms with Crippen LogP contribution in [0.15, 0.2) is 42.5 Å². The first-order valence-corrected chi connectivity index (χ1v) is 10.5. The molecule has 0 bridgehead atoms. The summed E-state index contributed by atoms with van der Waals surface area (Å²) in [4.78, 5) is 26.6. The average Bonchev–Trinajstić information content (AvgIpc) is 3.26. The van der Waals surface area contributed by atoms with Gasteiger partial charge in [0.2, 0.25) is 0 Å². The molecule has 1 saturated heterocycles. The number of fused-ring (bicyclic) bond motifs is 1. The Morgan fingerprint density at radius 2 is 1.93 bits per heavy atom. The lowest BCUT2D eigenvalue weighted by atomic mass is 9.72. The molecule has 6 heteroatoms. The number of nitrogens with one attached hydrogen (secondary N) is 2. The lowest BCUT2D eigenvalue weighted by molar-refractivity contribution is 0.0695. The van der Waals surface area contributed by atoms with Gasteiger partial charge in [-0.2, -0.15) is 0 Å². The maximum Gasteiger partial charge on any atom is 0.337 e. The lowest BCUT2D eigenvalue weighted by Gasteiger charge is -2.42. The number of carbonyl (C=O) groups is 2. The number of amides is 1. The molecular formula is C24H29N3O3. The summed E-state index contributed by atoms with van der Waals surface area (Å²) in [6.07, 6.45) is 1.72. The molecule has 1 amide bonds. The van der Waals surface area contributed by atoms with Crippen molar-refractivity contribution < 1.29 is 14.7 Å². The fourth-order valence-corrected chi connectivity index (χ4v) is 4.75. The number of rotatable bonds is 4. The summed E-state index contributed by atoms with van der Waals surface area (Å²) in [5, 5.41) is 16.4. The first-order valence-electron chi connectivity index (χ1n) is 10.5. The number of aromatic carboxylic acids is 1. The third-order valence-corrected chi connectivity index (χ3v) is 6.47. The van der Waals surface area contributed by atoms with Crippen LogP contribution < -0.4 is 10.6 Å². The monoisotopic (exact) mass is 407 g/mol. The molecular weight excluding hydrogens is 378 g/mol. The number of likely N-dealkylation sites (N-methyl/N-ethyl adjacent to an activating group) is 1. The second-order valence-corrected chi connectivity index (χ2v) is 9.08. The van der Waals surface area contributed by atoms with Gasteiger partial charge in [0.1, 0.15) is 0 Å². The molecule has 0 spiro atoms. The third kappa shape index (κ3) is 3.67. The van der Waals surface area contributed by atoms with E-state index >= 15 is 0 Å². The zero-order valence-electron chi connectivity index (χ0n) is 17.7. The maximum atomic E-state index is 13.1. The molecule has 4 rings (SSSR count). The van der Waals surface area contributed by atoms with E-state index in [1.807, 2.05) is 42.3 Å². The van der Waals surface area contributed by atoms with E-state index in [4.69, 9.17) is 0 Å². The summed E-state index contributed by atoms with van der Waals surface area (Å²) < 4.78 is 0. The van der Waals surface area contributed by atoms with Gasteiger partial charge in [0.25, 0.3) is 5.91 Å². The van der Waals surface area contributed by atoms with Gasteiger partial charge in [-0.05, 0) is 54.1 Å². The predicted molar refractivity (Wildman–Crippen MR) is 117 cm³/mol.